The summed E-state index contributed by atoms with van der Waals surface area (Å²) in [7, 11) is 0. The molecule has 0 unspecified atom stereocenters. The Morgan fingerprint density at radius 1 is 0.857 bits per heavy atom. The molecule has 0 atom stereocenters. The van der Waals surface area contributed by atoms with Crippen molar-refractivity contribution >= 4 is 14.7 Å². The molecule has 0 saturated carbocycles. The van der Waals surface area contributed by atoms with Crippen molar-refractivity contribution in [3.8, 4) is 33.7 Å². The molecule has 2 aromatic carbocycles. The SMILES string of the molecule is N#Cc1cccc(-c2n[se]c(-c3cccc(C#N)c3)n2)c1. The molecule has 1 aromatic heterocycles. The molecule has 0 N–H and O–H groups in total. The Bertz CT molecular complexity index is 812. The van der Waals surface area contributed by atoms with Crippen molar-refractivity contribution in [3.63, 3.8) is 0 Å². The van der Waals surface area contributed by atoms with Crippen LogP contribution >= 0.6 is 0 Å². The maximum absolute atomic E-state index is 8.95. The zero-order valence-corrected chi connectivity index (χ0v) is 12.5. The molecule has 3 rings (SSSR count). The van der Waals surface area contributed by atoms with Gasteiger partial charge in [0.25, 0.3) is 0 Å². The topological polar surface area (TPSA) is 73.4 Å². The van der Waals surface area contributed by atoms with E-state index in [0.29, 0.717) is 17.0 Å². The molecule has 21 heavy (non-hydrogen) atoms. The molecule has 0 aliphatic carbocycles. The van der Waals surface area contributed by atoms with Crippen LogP contribution in [0.15, 0.2) is 48.5 Å². The number of hydrogen-bond acceptors (Lipinski definition) is 4. The molecule has 0 fully saturated rings. The third-order valence-electron chi connectivity index (χ3n) is 2.91. The van der Waals surface area contributed by atoms with Crippen molar-refractivity contribution in [2.45, 2.75) is 0 Å². The zero-order valence-electron chi connectivity index (χ0n) is 10.8. The Hall–Kier alpha value is -2.72. The Morgan fingerprint density at radius 2 is 1.48 bits per heavy atom. The Morgan fingerprint density at radius 3 is 2.14 bits per heavy atom. The van der Waals surface area contributed by atoms with Crippen LogP contribution in [0.3, 0.4) is 0 Å². The van der Waals surface area contributed by atoms with Crippen LogP contribution in [0.2, 0.25) is 0 Å². The molecule has 0 bridgehead atoms. The first-order chi connectivity index (χ1) is 10.3. The molecule has 0 radical (unpaired) electrons. The standard InChI is InChI=1S/C16H8N4Se/c17-9-11-3-1-5-13(7-11)15-19-16(21-20-15)14-6-2-4-12(8-14)10-18/h1-8H. The minimum absolute atomic E-state index is 0.105. The van der Waals surface area contributed by atoms with E-state index < -0.39 is 0 Å². The summed E-state index contributed by atoms with van der Waals surface area (Å²) >= 11 is -0.105. The van der Waals surface area contributed by atoms with Gasteiger partial charge in [-0.1, -0.05) is 0 Å². The third-order valence-corrected chi connectivity index (χ3v) is 4.52. The van der Waals surface area contributed by atoms with Gasteiger partial charge in [0.2, 0.25) is 0 Å². The summed E-state index contributed by atoms with van der Waals surface area (Å²) in [5.74, 6) is 0.657. The molecule has 0 spiro atoms. The second-order valence-corrected chi connectivity index (χ2v) is 5.89. The zero-order chi connectivity index (χ0) is 14.7. The number of hydrogen-bond donors (Lipinski definition) is 0. The van der Waals surface area contributed by atoms with E-state index in [9.17, 15) is 0 Å². The Balaban J connectivity index is 2.00. The molecule has 0 saturated heterocycles. The van der Waals surface area contributed by atoms with Crippen LogP contribution in [0.4, 0.5) is 0 Å². The van der Waals surface area contributed by atoms with Gasteiger partial charge in [-0.3, -0.25) is 0 Å². The van der Waals surface area contributed by atoms with E-state index in [1.807, 2.05) is 30.3 Å². The molecule has 0 aliphatic rings. The third kappa shape index (κ3) is 2.75. The van der Waals surface area contributed by atoms with Gasteiger partial charge >= 0.3 is 128 Å². The van der Waals surface area contributed by atoms with E-state index in [0.717, 1.165) is 15.7 Å². The second kappa shape index (κ2) is 5.73. The van der Waals surface area contributed by atoms with E-state index in [4.69, 9.17) is 10.5 Å². The fourth-order valence-electron chi connectivity index (χ4n) is 1.91. The van der Waals surface area contributed by atoms with Gasteiger partial charge in [0, 0.05) is 0 Å². The van der Waals surface area contributed by atoms with Crippen LogP contribution in [0.25, 0.3) is 21.5 Å². The van der Waals surface area contributed by atoms with Crippen molar-refractivity contribution in [2.24, 2.45) is 0 Å². The van der Waals surface area contributed by atoms with Crippen molar-refractivity contribution in [1.29, 1.82) is 10.5 Å². The Kier molecular flexibility index (Phi) is 3.62. The molecular formula is C16H8N4Se. The summed E-state index contributed by atoms with van der Waals surface area (Å²) in [6.07, 6.45) is 0. The molecular weight excluding hydrogens is 327 g/mol. The van der Waals surface area contributed by atoms with Gasteiger partial charge in [-0.15, -0.1) is 0 Å². The average molecular weight is 335 g/mol. The van der Waals surface area contributed by atoms with Crippen molar-refractivity contribution < 1.29 is 0 Å². The first kappa shape index (κ1) is 13.3. The van der Waals surface area contributed by atoms with Gasteiger partial charge in [-0.25, -0.2) is 0 Å². The summed E-state index contributed by atoms with van der Waals surface area (Å²) in [5, 5.41) is 17.9. The minimum atomic E-state index is -0.105. The summed E-state index contributed by atoms with van der Waals surface area (Å²) in [6.45, 7) is 0. The quantitative estimate of drug-likeness (QED) is 0.675. The predicted octanol–water partition coefficient (Wildman–Crippen LogP) is 2.61. The molecule has 1 heterocycles. The van der Waals surface area contributed by atoms with E-state index in [-0.39, 0.29) is 14.7 Å². The first-order valence-electron chi connectivity index (χ1n) is 6.15. The van der Waals surface area contributed by atoms with Crippen LogP contribution in [-0.4, -0.2) is 23.7 Å². The summed E-state index contributed by atoms with van der Waals surface area (Å²) in [5.41, 5.74) is 3.00. The Labute approximate surface area is 127 Å². The molecule has 98 valence electrons. The summed E-state index contributed by atoms with van der Waals surface area (Å²) in [4.78, 5) is 4.55. The van der Waals surface area contributed by atoms with E-state index >= 15 is 0 Å². The van der Waals surface area contributed by atoms with E-state index in [1.54, 1.807) is 18.2 Å². The number of benzene rings is 2. The van der Waals surface area contributed by atoms with E-state index in [1.165, 1.54) is 0 Å². The van der Waals surface area contributed by atoms with Gasteiger partial charge in [0.15, 0.2) is 0 Å². The van der Waals surface area contributed by atoms with Crippen LogP contribution in [-0.2, 0) is 0 Å². The summed E-state index contributed by atoms with van der Waals surface area (Å²) in [6, 6.07) is 18.9. The van der Waals surface area contributed by atoms with Gasteiger partial charge in [0.05, 0.1) is 0 Å². The summed E-state index contributed by atoms with van der Waals surface area (Å²) < 4.78 is 5.38. The molecule has 0 aliphatic heterocycles. The predicted molar refractivity (Wildman–Crippen MR) is 79.3 cm³/mol. The second-order valence-electron chi connectivity index (χ2n) is 4.31. The average Bonchev–Trinajstić information content (AvgIpc) is 3.05. The number of rotatable bonds is 2. The molecule has 3 aromatic rings. The first-order valence-corrected chi connectivity index (χ1v) is 7.77. The molecule has 4 nitrogen and oxygen atoms in total. The maximum atomic E-state index is 8.95. The fourth-order valence-corrected chi connectivity index (χ4v) is 3.33. The number of nitriles is 2. The fraction of sp³-hybridized carbons (Fsp3) is 0. The number of aromatic nitrogens is 2. The normalized spacial score (nSPS) is 9.81. The van der Waals surface area contributed by atoms with Crippen LogP contribution in [0.1, 0.15) is 11.1 Å². The van der Waals surface area contributed by atoms with Crippen molar-refractivity contribution in [2.75, 3.05) is 0 Å². The molecule has 0 amide bonds. The van der Waals surface area contributed by atoms with Crippen molar-refractivity contribution in [3.05, 3.63) is 59.7 Å². The monoisotopic (exact) mass is 336 g/mol. The van der Waals surface area contributed by atoms with Crippen LogP contribution in [0, 0.1) is 22.7 Å². The van der Waals surface area contributed by atoms with Gasteiger partial charge in [-0.2, -0.15) is 0 Å². The van der Waals surface area contributed by atoms with Crippen LogP contribution in [0.5, 0.6) is 0 Å². The van der Waals surface area contributed by atoms with Gasteiger partial charge in [0.1, 0.15) is 0 Å². The molecule has 5 heteroatoms. The van der Waals surface area contributed by atoms with Gasteiger partial charge < -0.3 is 0 Å². The van der Waals surface area contributed by atoms with Crippen LogP contribution < -0.4 is 0 Å². The van der Waals surface area contributed by atoms with Gasteiger partial charge in [-0.05, 0) is 0 Å². The van der Waals surface area contributed by atoms with Crippen molar-refractivity contribution in [1.82, 2.24) is 8.96 Å². The number of nitrogens with zero attached hydrogens (tertiary/aromatic N) is 4. The van der Waals surface area contributed by atoms with E-state index in [2.05, 4.69) is 21.1 Å².